The highest BCUT2D eigenvalue weighted by atomic mass is 32.2. The van der Waals surface area contributed by atoms with E-state index >= 15 is 0 Å². The van der Waals surface area contributed by atoms with Gasteiger partial charge in [0.2, 0.25) is 0 Å². The number of hydrogen-bond acceptors (Lipinski definition) is 6. The van der Waals surface area contributed by atoms with E-state index in [2.05, 4.69) is 20.4 Å². The topological polar surface area (TPSA) is 85.8 Å². The molecule has 0 unspecified atom stereocenters. The Hall–Kier alpha value is -3.91. The molecule has 32 heavy (non-hydrogen) atoms. The van der Waals surface area contributed by atoms with Crippen LogP contribution in [-0.4, -0.2) is 25.7 Å². The summed E-state index contributed by atoms with van der Waals surface area (Å²) in [5.41, 5.74) is 3.35. The average molecular weight is 442 g/mol. The lowest BCUT2D eigenvalue weighted by atomic mass is 10.1. The highest BCUT2D eigenvalue weighted by Crippen LogP contribution is 2.28. The number of carbonyl (C=O) groups is 1. The molecule has 0 bridgehead atoms. The number of benzene rings is 2. The Morgan fingerprint density at radius 3 is 2.78 bits per heavy atom. The highest BCUT2D eigenvalue weighted by molar-refractivity contribution is 7.98. The van der Waals surface area contributed by atoms with Crippen molar-refractivity contribution < 1.29 is 9.21 Å². The number of nitrogens with one attached hydrogen (secondary N) is 1. The number of carbonyl (C=O) groups excluding carboxylic acids is 1. The van der Waals surface area contributed by atoms with Crippen LogP contribution < -0.4 is 5.32 Å². The maximum atomic E-state index is 12.5. The Bertz CT molecular complexity index is 1350. The van der Waals surface area contributed by atoms with Gasteiger partial charge in [-0.1, -0.05) is 30.3 Å². The van der Waals surface area contributed by atoms with E-state index in [1.165, 1.54) is 0 Å². The third-order valence-corrected chi connectivity index (χ3v) is 5.97. The zero-order chi connectivity index (χ0) is 21.8. The maximum Gasteiger partial charge on any atom is 0.251 e. The number of furan rings is 1. The van der Waals surface area contributed by atoms with Crippen LogP contribution in [0.25, 0.3) is 16.7 Å². The van der Waals surface area contributed by atoms with Crippen LogP contribution in [0.2, 0.25) is 0 Å². The Morgan fingerprint density at radius 2 is 1.94 bits per heavy atom. The monoisotopic (exact) mass is 441 g/mol. The van der Waals surface area contributed by atoms with E-state index in [1.807, 2.05) is 59.3 Å². The minimum atomic E-state index is -0.137. The number of nitrogens with zero attached hydrogens (tertiary/aromatic N) is 4. The van der Waals surface area contributed by atoms with Crippen molar-refractivity contribution in [1.29, 1.82) is 0 Å². The van der Waals surface area contributed by atoms with Crippen molar-refractivity contribution in [3.8, 4) is 5.69 Å². The molecule has 0 atom stereocenters. The molecule has 0 aliphatic carbocycles. The van der Waals surface area contributed by atoms with Crippen LogP contribution in [0.1, 0.15) is 21.7 Å². The van der Waals surface area contributed by atoms with Gasteiger partial charge in [-0.3, -0.25) is 4.79 Å². The Morgan fingerprint density at radius 1 is 1.03 bits per heavy atom. The third-order valence-electron chi connectivity index (χ3n) is 4.90. The van der Waals surface area contributed by atoms with Crippen LogP contribution >= 0.6 is 11.8 Å². The third kappa shape index (κ3) is 4.26. The van der Waals surface area contributed by atoms with E-state index in [0.717, 1.165) is 27.3 Å². The summed E-state index contributed by atoms with van der Waals surface area (Å²) in [5.74, 6) is 1.25. The number of aromatic nitrogens is 4. The quantitative estimate of drug-likeness (QED) is 0.293. The Labute approximate surface area is 188 Å². The molecule has 0 fully saturated rings. The van der Waals surface area contributed by atoms with Crippen molar-refractivity contribution >= 4 is 28.7 Å². The fraction of sp³-hybridized carbons (Fsp3) is 0.0833. The molecule has 0 aliphatic heterocycles. The van der Waals surface area contributed by atoms with Crippen LogP contribution in [-0.2, 0) is 12.3 Å². The summed E-state index contributed by atoms with van der Waals surface area (Å²) in [4.78, 5) is 21.4. The molecule has 7 nitrogen and oxygen atoms in total. The number of amides is 1. The fourth-order valence-corrected chi connectivity index (χ4v) is 4.24. The normalized spacial score (nSPS) is 11.0. The molecule has 3 heterocycles. The van der Waals surface area contributed by atoms with E-state index in [0.29, 0.717) is 23.6 Å². The van der Waals surface area contributed by atoms with Gasteiger partial charge in [-0.05, 0) is 42.0 Å². The van der Waals surface area contributed by atoms with Gasteiger partial charge in [-0.2, -0.15) is 5.10 Å². The van der Waals surface area contributed by atoms with Gasteiger partial charge < -0.3 is 9.73 Å². The molecule has 0 saturated carbocycles. The van der Waals surface area contributed by atoms with E-state index < -0.39 is 0 Å². The Balaban J connectivity index is 1.30. The van der Waals surface area contributed by atoms with Crippen molar-refractivity contribution in [3.05, 3.63) is 102 Å². The molecule has 1 N–H and O–H groups in total. The van der Waals surface area contributed by atoms with E-state index in [-0.39, 0.29) is 5.91 Å². The van der Waals surface area contributed by atoms with Crippen molar-refractivity contribution in [2.24, 2.45) is 0 Å². The number of thioether (sulfide) groups is 1. The number of fused-ring (bicyclic) bond motifs is 1. The molecule has 0 saturated heterocycles. The lowest BCUT2D eigenvalue weighted by Crippen LogP contribution is -2.22. The van der Waals surface area contributed by atoms with Crippen molar-refractivity contribution in [2.75, 3.05) is 0 Å². The van der Waals surface area contributed by atoms with Crippen LogP contribution in [0.3, 0.4) is 0 Å². The van der Waals surface area contributed by atoms with Crippen LogP contribution in [0.5, 0.6) is 0 Å². The molecular weight excluding hydrogens is 422 g/mol. The van der Waals surface area contributed by atoms with Gasteiger partial charge in [-0.25, -0.2) is 14.6 Å². The molecule has 158 valence electrons. The maximum absolute atomic E-state index is 12.5. The van der Waals surface area contributed by atoms with Gasteiger partial charge in [0.1, 0.15) is 17.1 Å². The molecule has 1 amide bonds. The zero-order valence-electron chi connectivity index (χ0n) is 17.0. The molecule has 0 spiro atoms. The molecule has 0 aliphatic rings. The van der Waals surface area contributed by atoms with Gasteiger partial charge in [-0.15, -0.1) is 11.8 Å². The van der Waals surface area contributed by atoms with Gasteiger partial charge in [0.05, 0.1) is 30.1 Å². The first-order valence-electron chi connectivity index (χ1n) is 10.0. The number of hydrogen-bond donors (Lipinski definition) is 1. The van der Waals surface area contributed by atoms with Gasteiger partial charge in [0.15, 0.2) is 5.65 Å². The fourth-order valence-electron chi connectivity index (χ4n) is 3.33. The van der Waals surface area contributed by atoms with E-state index in [1.54, 1.807) is 42.7 Å². The minimum absolute atomic E-state index is 0.137. The second-order valence-electron chi connectivity index (χ2n) is 7.06. The highest BCUT2D eigenvalue weighted by Gasteiger charge is 2.12. The summed E-state index contributed by atoms with van der Waals surface area (Å²) >= 11 is 1.59. The Kier molecular flexibility index (Phi) is 5.67. The lowest BCUT2D eigenvalue weighted by Gasteiger charge is -2.07. The average Bonchev–Trinajstić information content (AvgIpc) is 3.52. The first-order chi connectivity index (χ1) is 15.8. The number of para-hydroxylation sites is 1. The van der Waals surface area contributed by atoms with Crippen LogP contribution in [0.15, 0.2) is 95.0 Å². The van der Waals surface area contributed by atoms with Gasteiger partial charge in [0, 0.05) is 11.3 Å². The molecule has 2 aromatic carbocycles. The zero-order valence-corrected chi connectivity index (χ0v) is 17.8. The standard InChI is InChI=1S/C24H19N5O2S/c30-23(25-13-20-10-5-11-31-20)18-7-4-6-17(12-18)15-32-24-21-14-28-29(22(21)26-16-27-24)19-8-2-1-3-9-19/h1-12,14,16H,13,15H2,(H,25,30). The lowest BCUT2D eigenvalue weighted by molar-refractivity contribution is 0.0948. The predicted molar refractivity (Wildman–Crippen MR) is 123 cm³/mol. The SMILES string of the molecule is O=C(NCc1ccco1)c1cccc(CSc2ncnc3c2cnn3-c2ccccc2)c1. The molecule has 8 heteroatoms. The first kappa shape index (κ1) is 20.0. The second kappa shape index (κ2) is 9.07. The molecule has 0 radical (unpaired) electrons. The minimum Gasteiger partial charge on any atom is -0.467 e. The van der Waals surface area contributed by atoms with Gasteiger partial charge >= 0.3 is 0 Å². The van der Waals surface area contributed by atoms with E-state index in [4.69, 9.17) is 4.42 Å². The summed E-state index contributed by atoms with van der Waals surface area (Å²) in [6, 6.07) is 21.1. The van der Waals surface area contributed by atoms with Crippen molar-refractivity contribution in [2.45, 2.75) is 17.3 Å². The molecule has 5 rings (SSSR count). The predicted octanol–water partition coefficient (Wildman–Crippen LogP) is 4.63. The summed E-state index contributed by atoms with van der Waals surface area (Å²) in [5, 5.41) is 9.12. The van der Waals surface area contributed by atoms with Crippen LogP contribution in [0, 0.1) is 0 Å². The summed E-state index contributed by atoms with van der Waals surface area (Å²) in [6.45, 7) is 0.356. The smallest absolute Gasteiger partial charge is 0.251 e. The number of rotatable bonds is 7. The van der Waals surface area contributed by atoms with Crippen molar-refractivity contribution in [1.82, 2.24) is 25.1 Å². The first-order valence-corrected chi connectivity index (χ1v) is 11.0. The van der Waals surface area contributed by atoms with E-state index in [9.17, 15) is 4.79 Å². The molecular formula is C24H19N5O2S. The second-order valence-corrected chi connectivity index (χ2v) is 8.02. The summed E-state index contributed by atoms with van der Waals surface area (Å²) in [6.07, 6.45) is 4.94. The summed E-state index contributed by atoms with van der Waals surface area (Å²) < 4.78 is 7.07. The van der Waals surface area contributed by atoms with Crippen molar-refractivity contribution in [3.63, 3.8) is 0 Å². The molecule has 5 aromatic rings. The molecule has 3 aromatic heterocycles. The van der Waals surface area contributed by atoms with Gasteiger partial charge in [0.25, 0.3) is 5.91 Å². The summed E-state index contributed by atoms with van der Waals surface area (Å²) in [7, 11) is 0. The largest absolute Gasteiger partial charge is 0.467 e. The van der Waals surface area contributed by atoms with Crippen LogP contribution in [0.4, 0.5) is 0 Å².